The lowest BCUT2D eigenvalue weighted by Crippen LogP contribution is -2.17. The number of carbonyl (C=O) groups excluding carboxylic acids is 1. The molecule has 0 saturated heterocycles. The summed E-state index contributed by atoms with van der Waals surface area (Å²) in [4.78, 5) is 12.8. The SMILES string of the molecule is Cc1cccc(NS(=O)(=O)c2cc(C(=O)Nc3ccc4c(c3)oc3ccccc34)ccc2Cl)c1C. The van der Waals surface area contributed by atoms with E-state index in [-0.39, 0.29) is 15.5 Å². The monoisotopic (exact) mass is 504 g/mol. The number of aryl methyl sites for hydroxylation is 1. The molecule has 1 aromatic heterocycles. The fourth-order valence-electron chi connectivity index (χ4n) is 3.92. The topological polar surface area (TPSA) is 88.4 Å². The highest BCUT2D eigenvalue weighted by Gasteiger charge is 2.21. The van der Waals surface area contributed by atoms with Gasteiger partial charge in [-0.1, -0.05) is 41.9 Å². The minimum atomic E-state index is -4.03. The Balaban J connectivity index is 1.43. The Hall–Kier alpha value is -3.81. The van der Waals surface area contributed by atoms with E-state index < -0.39 is 15.9 Å². The Morgan fingerprint density at radius 2 is 1.63 bits per heavy atom. The normalized spacial score (nSPS) is 11.6. The van der Waals surface area contributed by atoms with Gasteiger partial charge in [-0.25, -0.2) is 8.42 Å². The summed E-state index contributed by atoms with van der Waals surface area (Å²) < 4.78 is 34.7. The Labute approximate surface area is 207 Å². The molecule has 2 N–H and O–H groups in total. The van der Waals surface area contributed by atoms with Gasteiger partial charge in [-0.2, -0.15) is 0 Å². The molecule has 5 rings (SSSR count). The van der Waals surface area contributed by atoms with E-state index in [9.17, 15) is 13.2 Å². The second-order valence-corrected chi connectivity index (χ2v) is 10.3. The number of sulfonamides is 1. The zero-order chi connectivity index (χ0) is 24.7. The van der Waals surface area contributed by atoms with E-state index in [0.717, 1.165) is 27.5 Å². The molecule has 6 nitrogen and oxygen atoms in total. The lowest BCUT2D eigenvalue weighted by atomic mass is 10.1. The molecule has 5 aromatic rings. The van der Waals surface area contributed by atoms with Crippen molar-refractivity contribution >= 4 is 60.8 Å². The van der Waals surface area contributed by atoms with Crippen molar-refractivity contribution in [2.75, 3.05) is 10.0 Å². The highest BCUT2D eigenvalue weighted by atomic mass is 35.5. The number of fused-ring (bicyclic) bond motifs is 3. The maximum atomic E-state index is 13.1. The van der Waals surface area contributed by atoms with Crippen molar-refractivity contribution in [2.24, 2.45) is 0 Å². The van der Waals surface area contributed by atoms with Crippen LogP contribution in [0.2, 0.25) is 5.02 Å². The van der Waals surface area contributed by atoms with Gasteiger partial charge in [0.15, 0.2) is 0 Å². The van der Waals surface area contributed by atoms with Crippen LogP contribution < -0.4 is 10.0 Å². The third-order valence-electron chi connectivity index (χ3n) is 5.97. The van der Waals surface area contributed by atoms with E-state index in [2.05, 4.69) is 10.0 Å². The van der Waals surface area contributed by atoms with Gasteiger partial charge in [0.2, 0.25) is 0 Å². The first-order valence-electron chi connectivity index (χ1n) is 10.8. The molecule has 0 fully saturated rings. The summed E-state index contributed by atoms with van der Waals surface area (Å²) in [5.41, 5.74) is 4.29. The van der Waals surface area contributed by atoms with Crippen molar-refractivity contribution in [3.8, 4) is 0 Å². The lowest BCUT2D eigenvalue weighted by Gasteiger charge is -2.14. The van der Waals surface area contributed by atoms with Gasteiger partial charge in [0.1, 0.15) is 16.1 Å². The van der Waals surface area contributed by atoms with Crippen LogP contribution in [0.1, 0.15) is 21.5 Å². The quantitative estimate of drug-likeness (QED) is 0.272. The molecule has 4 aromatic carbocycles. The molecule has 0 atom stereocenters. The maximum absolute atomic E-state index is 13.1. The summed E-state index contributed by atoms with van der Waals surface area (Å²) in [7, 11) is -4.03. The summed E-state index contributed by atoms with van der Waals surface area (Å²) in [6, 6.07) is 22.6. The smallest absolute Gasteiger partial charge is 0.263 e. The van der Waals surface area contributed by atoms with Crippen molar-refractivity contribution in [1.82, 2.24) is 0 Å². The fourth-order valence-corrected chi connectivity index (χ4v) is 5.57. The van der Waals surface area contributed by atoms with Crippen LogP contribution in [0.15, 0.2) is 88.2 Å². The second kappa shape index (κ2) is 8.76. The number of nitrogens with one attached hydrogen (secondary N) is 2. The Bertz CT molecular complexity index is 1720. The first-order chi connectivity index (χ1) is 16.7. The summed E-state index contributed by atoms with van der Waals surface area (Å²) >= 11 is 6.22. The first-order valence-corrected chi connectivity index (χ1v) is 12.7. The summed E-state index contributed by atoms with van der Waals surface area (Å²) in [5, 5.41) is 4.75. The van der Waals surface area contributed by atoms with Gasteiger partial charge >= 0.3 is 0 Å². The highest BCUT2D eigenvalue weighted by Crippen LogP contribution is 2.31. The average molecular weight is 505 g/mol. The third-order valence-corrected chi connectivity index (χ3v) is 7.82. The van der Waals surface area contributed by atoms with E-state index in [1.807, 2.05) is 50.2 Å². The van der Waals surface area contributed by atoms with E-state index in [1.54, 1.807) is 24.3 Å². The molecule has 0 aliphatic heterocycles. The molecule has 0 unspecified atom stereocenters. The van der Waals surface area contributed by atoms with Crippen LogP contribution in [0, 0.1) is 13.8 Å². The van der Waals surface area contributed by atoms with Crippen LogP contribution in [0.25, 0.3) is 21.9 Å². The third kappa shape index (κ3) is 4.36. The van der Waals surface area contributed by atoms with E-state index >= 15 is 0 Å². The van der Waals surface area contributed by atoms with Crippen molar-refractivity contribution in [1.29, 1.82) is 0 Å². The molecule has 176 valence electrons. The number of para-hydroxylation sites is 1. The van der Waals surface area contributed by atoms with E-state index in [4.69, 9.17) is 16.0 Å². The van der Waals surface area contributed by atoms with Crippen LogP contribution in [0.3, 0.4) is 0 Å². The summed E-state index contributed by atoms with van der Waals surface area (Å²) in [5.74, 6) is -0.472. The maximum Gasteiger partial charge on any atom is 0.263 e. The lowest BCUT2D eigenvalue weighted by molar-refractivity contribution is 0.102. The minimum absolute atomic E-state index is 0.0167. The molecule has 0 saturated carbocycles. The van der Waals surface area contributed by atoms with Gasteiger partial charge in [-0.3, -0.25) is 9.52 Å². The molecule has 35 heavy (non-hydrogen) atoms. The van der Waals surface area contributed by atoms with E-state index in [0.29, 0.717) is 17.0 Å². The number of furan rings is 1. The van der Waals surface area contributed by atoms with Crippen LogP contribution in [-0.2, 0) is 10.0 Å². The van der Waals surface area contributed by atoms with E-state index in [1.165, 1.54) is 18.2 Å². The van der Waals surface area contributed by atoms with Gasteiger partial charge < -0.3 is 9.73 Å². The standard InChI is InChI=1S/C27H21ClN2O4S/c1-16-6-5-8-23(17(16)2)30-35(32,33)26-14-18(10-13-22(26)28)27(31)29-19-11-12-21-20-7-3-4-9-24(20)34-25(21)15-19/h3-15,30H,1-2H3,(H,29,31). The average Bonchev–Trinajstić information content (AvgIpc) is 3.20. The number of hydrogen-bond donors (Lipinski definition) is 2. The Kier molecular flexibility index (Phi) is 5.75. The molecule has 0 bridgehead atoms. The van der Waals surface area contributed by atoms with Gasteiger partial charge in [0, 0.05) is 28.1 Å². The highest BCUT2D eigenvalue weighted by molar-refractivity contribution is 7.92. The number of benzene rings is 4. The number of halogens is 1. The molecule has 0 radical (unpaired) electrons. The van der Waals surface area contributed by atoms with Gasteiger partial charge in [-0.05, 0) is 67.4 Å². The molecular formula is C27H21ClN2O4S. The predicted octanol–water partition coefficient (Wildman–Crippen LogP) is 6.91. The Morgan fingerprint density at radius 3 is 2.46 bits per heavy atom. The summed E-state index contributed by atoms with van der Waals surface area (Å²) in [6.45, 7) is 3.73. The van der Waals surface area contributed by atoms with Crippen molar-refractivity contribution in [3.63, 3.8) is 0 Å². The second-order valence-electron chi connectivity index (χ2n) is 8.26. The van der Waals surface area contributed by atoms with Crippen molar-refractivity contribution < 1.29 is 17.6 Å². The van der Waals surface area contributed by atoms with Crippen molar-refractivity contribution in [2.45, 2.75) is 18.7 Å². The van der Waals surface area contributed by atoms with Gasteiger partial charge in [0.25, 0.3) is 15.9 Å². The zero-order valence-electron chi connectivity index (χ0n) is 18.9. The largest absolute Gasteiger partial charge is 0.456 e. The molecule has 8 heteroatoms. The molecule has 0 spiro atoms. The van der Waals surface area contributed by atoms with Gasteiger partial charge in [0.05, 0.1) is 10.7 Å². The molecule has 1 heterocycles. The zero-order valence-corrected chi connectivity index (χ0v) is 20.5. The number of rotatable bonds is 5. The van der Waals surface area contributed by atoms with Crippen LogP contribution in [0.4, 0.5) is 11.4 Å². The number of carbonyl (C=O) groups is 1. The molecular weight excluding hydrogens is 484 g/mol. The predicted molar refractivity (Wildman–Crippen MR) is 140 cm³/mol. The molecule has 0 aliphatic carbocycles. The summed E-state index contributed by atoms with van der Waals surface area (Å²) in [6.07, 6.45) is 0. The minimum Gasteiger partial charge on any atom is -0.456 e. The Morgan fingerprint density at radius 1 is 0.857 bits per heavy atom. The first kappa shape index (κ1) is 23.0. The fraction of sp³-hybridized carbons (Fsp3) is 0.0741. The molecule has 0 aliphatic rings. The van der Waals surface area contributed by atoms with Gasteiger partial charge in [-0.15, -0.1) is 0 Å². The number of anilines is 2. The molecule has 1 amide bonds. The van der Waals surface area contributed by atoms with Crippen molar-refractivity contribution in [3.05, 3.63) is 101 Å². The van der Waals surface area contributed by atoms with Crippen LogP contribution >= 0.6 is 11.6 Å². The van der Waals surface area contributed by atoms with Crippen LogP contribution in [-0.4, -0.2) is 14.3 Å². The van der Waals surface area contributed by atoms with Crippen LogP contribution in [0.5, 0.6) is 0 Å². The number of hydrogen-bond acceptors (Lipinski definition) is 4. The number of amides is 1.